The van der Waals surface area contributed by atoms with E-state index < -0.39 is 12.2 Å². The molecule has 0 radical (unpaired) electrons. The lowest BCUT2D eigenvalue weighted by molar-refractivity contribution is 0.0650. The molecule has 114 valence electrons. The topological polar surface area (TPSA) is 77.8 Å². The summed E-state index contributed by atoms with van der Waals surface area (Å²) in [4.78, 5) is 25.8. The normalized spacial score (nSPS) is 17.0. The van der Waals surface area contributed by atoms with Crippen molar-refractivity contribution in [3.63, 3.8) is 0 Å². The van der Waals surface area contributed by atoms with Crippen molar-refractivity contribution in [3.05, 3.63) is 46.5 Å². The van der Waals surface area contributed by atoms with Crippen LogP contribution in [0.3, 0.4) is 0 Å². The number of aliphatic hydroxyl groups excluding tert-OH is 2. The fourth-order valence-corrected chi connectivity index (χ4v) is 3.06. The molecule has 2 aromatic carbocycles. The first-order valence-electron chi connectivity index (χ1n) is 7.12. The number of imide groups is 1. The number of benzene rings is 2. The Labute approximate surface area is 127 Å². The van der Waals surface area contributed by atoms with Crippen LogP contribution in [0.1, 0.15) is 57.9 Å². The van der Waals surface area contributed by atoms with E-state index in [1.807, 2.05) is 0 Å². The van der Waals surface area contributed by atoms with Gasteiger partial charge in [-0.3, -0.25) is 14.5 Å². The maximum atomic E-state index is 12.4. The van der Waals surface area contributed by atoms with Crippen LogP contribution in [0.5, 0.6) is 0 Å². The molecule has 0 spiro atoms. The van der Waals surface area contributed by atoms with E-state index in [1.165, 1.54) is 7.05 Å². The van der Waals surface area contributed by atoms with Crippen LogP contribution in [-0.2, 0) is 0 Å². The third-order valence-electron chi connectivity index (χ3n) is 4.20. The molecule has 0 fully saturated rings. The van der Waals surface area contributed by atoms with Gasteiger partial charge in [-0.1, -0.05) is 12.1 Å². The van der Waals surface area contributed by atoms with Crippen LogP contribution in [-0.4, -0.2) is 34.0 Å². The van der Waals surface area contributed by atoms with Gasteiger partial charge in [0.25, 0.3) is 11.8 Å². The van der Waals surface area contributed by atoms with Crippen LogP contribution in [0, 0.1) is 0 Å². The van der Waals surface area contributed by atoms with E-state index in [2.05, 4.69) is 0 Å². The number of amides is 2. The fraction of sp³-hybridized carbons (Fsp3) is 0.294. The van der Waals surface area contributed by atoms with Crippen molar-refractivity contribution in [1.29, 1.82) is 0 Å². The highest BCUT2D eigenvalue weighted by Crippen LogP contribution is 2.38. The van der Waals surface area contributed by atoms with Crippen LogP contribution in [0.25, 0.3) is 10.8 Å². The van der Waals surface area contributed by atoms with Gasteiger partial charge in [-0.25, -0.2) is 0 Å². The molecule has 0 saturated heterocycles. The fourth-order valence-electron chi connectivity index (χ4n) is 3.06. The Morgan fingerprint density at radius 3 is 1.59 bits per heavy atom. The maximum absolute atomic E-state index is 12.4. The molecule has 3 rings (SSSR count). The zero-order valence-electron chi connectivity index (χ0n) is 12.6. The van der Waals surface area contributed by atoms with Crippen molar-refractivity contribution in [1.82, 2.24) is 4.90 Å². The van der Waals surface area contributed by atoms with Crippen molar-refractivity contribution >= 4 is 22.6 Å². The third-order valence-corrected chi connectivity index (χ3v) is 4.20. The third kappa shape index (κ3) is 1.86. The summed E-state index contributed by atoms with van der Waals surface area (Å²) in [6.45, 7) is 3.24. The summed E-state index contributed by atoms with van der Waals surface area (Å²) in [5.41, 5.74) is 2.03. The van der Waals surface area contributed by atoms with E-state index >= 15 is 0 Å². The summed E-state index contributed by atoms with van der Waals surface area (Å²) in [7, 11) is 1.45. The van der Waals surface area contributed by atoms with Gasteiger partial charge in [-0.2, -0.15) is 0 Å². The first-order valence-corrected chi connectivity index (χ1v) is 7.12. The van der Waals surface area contributed by atoms with Crippen molar-refractivity contribution in [2.45, 2.75) is 26.1 Å². The molecule has 0 aromatic heterocycles. The minimum atomic E-state index is -0.772. The molecule has 1 aliphatic rings. The van der Waals surface area contributed by atoms with Gasteiger partial charge in [0, 0.05) is 23.6 Å². The molecule has 2 amide bonds. The van der Waals surface area contributed by atoms with Gasteiger partial charge in [-0.05, 0) is 42.5 Å². The van der Waals surface area contributed by atoms with E-state index in [4.69, 9.17) is 0 Å². The molecule has 2 unspecified atom stereocenters. The first kappa shape index (κ1) is 14.7. The van der Waals surface area contributed by atoms with Crippen LogP contribution < -0.4 is 0 Å². The van der Waals surface area contributed by atoms with Gasteiger partial charge in [0.1, 0.15) is 0 Å². The van der Waals surface area contributed by atoms with E-state index in [1.54, 1.807) is 38.1 Å². The molecular weight excluding hydrogens is 282 g/mol. The number of carbonyl (C=O) groups is 2. The summed E-state index contributed by atoms with van der Waals surface area (Å²) in [6.07, 6.45) is -1.54. The molecule has 2 aromatic rings. The molecule has 5 nitrogen and oxygen atoms in total. The van der Waals surface area contributed by atoms with E-state index in [0.29, 0.717) is 33.0 Å². The second-order valence-corrected chi connectivity index (χ2v) is 5.68. The van der Waals surface area contributed by atoms with Gasteiger partial charge >= 0.3 is 0 Å². The zero-order chi connectivity index (χ0) is 16.2. The second kappa shape index (κ2) is 4.90. The van der Waals surface area contributed by atoms with Gasteiger partial charge in [-0.15, -0.1) is 0 Å². The molecular formula is C17H17NO4. The average molecular weight is 299 g/mol. The van der Waals surface area contributed by atoms with Gasteiger partial charge in [0.05, 0.1) is 12.2 Å². The Morgan fingerprint density at radius 2 is 1.23 bits per heavy atom. The van der Waals surface area contributed by atoms with Crippen LogP contribution in [0.4, 0.5) is 0 Å². The molecule has 1 heterocycles. The van der Waals surface area contributed by atoms with Crippen molar-refractivity contribution in [3.8, 4) is 0 Å². The Bertz CT molecular complexity index is 745. The lowest BCUT2D eigenvalue weighted by Crippen LogP contribution is -2.37. The quantitative estimate of drug-likeness (QED) is 0.833. The van der Waals surface area contributed by atoms with E-state index in [9.17, 15) is 19.8 Å². The Balaban J connectivity index is 2.53. The smallest absolute Gasteiger partial charge is 0.261 e. The van der Waals surface area contributed by atoms with Gasteiger partial charge in [0.2, 0.25) is 0 Å². The highest BCUT2D eigenvalue weighted by molar-refractivity contribution is 6.26. The van der Waals surface area contributed by atoms with Crippen LogP contribution in [0.15, 0.2) is 24.3 Å². The monoisotopic (exact) mass is 299 g/mol. The Hall–Kier alpha value is -2.24. The number of hydrogen-bond acceptors (Lipinski definition) is 4. The van der Waals surface area contributed by atoms with Crippen LogP contribution in [0.2, 0.25) is 0 Å². The molecule has 5 heteroatoms. The standard InChI is InChI=1S/C17H17NO4/c1-8(19)10-4-6-12-15-13(17(22)18(3)16(12)21)7-5-11(9(2)20)14(10)15/h4-9,19-20H,1-3H3. The minimum Gasteiger partial charge on any atom is -0.389 e. The molecule has 0 aliphatic carbocycles. The Kier molecular flexibility index (Phi) is 3.27. The van der Waals surface area contributed by atoms with Gasteiger partial charge < -0.3 is 10.2 Å². The first-order chi connectivity index (χ1) is 10.3. The summed E-state index contributed by atoms with van der Waals surface area (Å²) >= 11 is 0. The summed E-state index contributed by atoms with van der Waals surface area (Å²) in [6, 6.07) is 6.62. The second-order valence-electron chi connectivity index (χ2n) is 5.68. The van der Waals surface area contributed by atoms with E-state index in [0.717, 1.165) is 4.90 Å². The average Bonchev–Trinajstić information content (AvgIpc) is 2.48. The highest BCUT2D eigenvalue weighted by atomic mass is 16.3. The largest absolute Gasteiger partial charge is 0.389 e. The number of nitrogens with zero attached hydrogens (tertiary/aromatic N) is 1. The number of hydrogen-bond donors (Lipinski definition) is 2. The van der Waals surface area contributed by atoms with Crippen molar-refractivity contribution in [2.75, 3.05) is 7.05 Å². The molecule has 1 aliphatic heterocycles. The summed E-state index contributed by atoms with van der Waals surface area (Å²) < 4.78 is 0. The zero-order valence-corrected chi connectivity index (χ0v) is 12.6. The minimum absolute atomic E-state index is 0.373. The maximum Gasteiger partial charge on any atom is 0.261 e. The van der Waals surface area contributed by atoms with E-state index in [-0.39, 0.29) is 11.8 Å². The lowest BCUT2D eigenvalue weighted by Gasteiger charge is -2.26. The highest BCUT2D eigenvalue weighted by Gasteiger charge is 2.32. The van der Waals surface area contributed by atoms with Crippen LogP contribution >= 0.6 is 0 Å². The lowest BCUT2D eigenvalue weighted by atomic mass is 9.86. The predicted molar refractivity (Wildman–Crippen MR) is 81.6 cm³/mol. The van der Waals surface area contributed by atoms with Gasteiger partial charge in [0.15, 0.2) is 0 Å². The predicted octanol–water partition coefficient (Wildman–Crippen LogP) is 2.17. The summed E-state index contributed by atoms with van der Waals surface area (Å²) in [5.74, 6) is -0.746. The molecule has 0 bridgehead atoms. The number of rotatable bonds is 2. The van der Waals surface area contributed by atoms with Crippen molar-refractivity contribution < 1.29 is 19.8 Å². The Morgan fingerprint density at radius 1 is 0.818 bits per heavy atom. The molecule has 22 heavy (non-hydrogen) atoms. The number of carbonyl (C=O) groups excluding carboxylic acids is 2. The molecule has 2 atom stereocenters. The number of aliphatic hydroxyl groups is 2. The molecule has 0 saturated carbocycles. The SMILES string of the molecule is CC(O)c1ccc2c3c(ccc(C(C)O)c13)C(=O)N(C)C2=O. The summed E-state index contributed by atoms with van der Waals surface area (Å²) in [5, 5.41) is 21.2. The molecule has 2 N–H and O–H groups in total. The van der Waals surface area contributed by atoms with Crippen molar-refractivity contribution in [2.24, 2.45) is 0 Å².